The number of nitrogens with two attached hydrogens (primary N) is 1. The van der Waals surface area contributed by atoms with Crippen LogP contribution in [0.2, 0.25) is 0 Å². The zero-order valence-electron chi connectivity index (χ0n) is 8.27. The van der Waals surface area contributed by atoms with Gasteiger partial charge in [0.25, 0.3) is 5.92 Å². The SMILES string of the molecule is COc1c(F)cccc1C(F)(F)CCN. The minimum absolute atomic E-state index is 0.174. The number of ether oxygens (including phenoxy) is 1. The summed E-state index contributed by atoms with van der Waals surface area (Å²) in [5, 5.41) is 0. The molecule has 0 aliphatic carbocycles. The molecule has 0 saturated heterocycles. The Morgan fingerprint density at radius 2 is 2.07 bits per heavy atom. The molecular weight excluding hydrogens is 207 g/mol. The maximum atomic E-state index is 13.5. The second-order valence-corrected chi connectivity index (χ2v) is 3.06. The van der Waals surface area contributed by atoms with Crippen LogP contribution < -0.4 is 10.5 Å². The first-order valence-corrected chi connectivity index (χ1v) is 4.44. The first-order chi connectivity index (χ1) is 7.03. The van der Waals surface area contributed by atoms with Crippen molar-refractivity contribution in [2.45, 2.75) is 12.3 Å². The Labute approximate surface area is 85.8 Å². The van der Waals surface area contributed by atoms with Gasteiger partial charge in [-0.1, -0.05) is 6.07 Å². The number of hydrogen-bond acceptors (Lipinski definition) is 2. The second kappa shape index (κ2) is 4.53. The molecule has 15 heavy (non-hydrogen) atoms. The summed E-state index contributed by atoms with van der Waals surface area (Å²) in [6.45, 7) is -0.174. The van der Waals surface area contributed by atoms with Crippen molar-refractivity contribution < 1.29 is 17.9 Å². The predicted molar refractivity (Wildman–Crippen MR) is 50.5 cm³/mol. The lowest BCUT2D eigenvalue weighted by Crippen LogP contribution is -2.19. The average Bonchev–Trinajstić information content (AvgIpc) is 2.17. The van der Waals surface area contributed by atoms with E-state index in [0.717, 1.165) is 19.2 Å². The number of methoxy groups -OCH3 is 1. The lowest BCUT2D eigenvalue weighted by atomic mass is 10.0. The Morgan fingerprint density at radius 1 is 1.40 bits per heavy atom. The normalized spacial score (nSPS) is 11.5. The maximum Gasteiger partial charge on any atom is 0.278 e. The highest BCUT2D eigenvalue weighted by atomic mass is 19.3. The highest BCUT2D eigenvalue weighted by molar-refractivity contribution is 5.38. The van der Waals surface area contributed by atoms with Gasteiger partial charge < -0.3 is 10.5 Å². The van der Waals surface area contributed by atoms with E-state index in [9.17, 15) is 13.2 Å². The molecule has 0 aliphatic heterocycles. The Hall–Kier alpha value is -1.23. The fourth-order valence-corrected chi connectivity index (χ4v) is 1.32. The summed E-state index contributed by atoms with van der Waals surface area (Å²) in [4.78, 5) is 0. The van der Waals surface area contributed by atoms with Crippen LogP contribution in [-0.2, 0) is 5.92 Å². The molecule has 1 aromatic rings. The van der Waals surface area contributed by atoms with Crippen molar-refractivity contribution in [3.8, 4) is 5.75 Å². The molecule has 1 rings (SSSR count). The molecule has 0 aliphatic rings. The number of benzene rings is 1. The van der Waals surface area contributed by atoms with Crippen molar-refractivity contribution in [3.05, 3.63) is 29.6 Å². The van der Waals surface area contributed by atoms with Gasteiger partial charge in [-0.3, -0.25) is 0 Å². The Morgan fingerprint density at radius 3 is 2.60 bits per heavy atom. The molecular formula is C10H12F3NO. The van der Waals surface area contributed by atoms with Gasteiger partial charge in [0.15, 0.2) is 11.6 Å². The molecule has 0 aromatic heterocycles. The van der Waals surface area contributed by atoms with E-state index in [0.29, 0.717) is 0 Å². The molecule has 0 heterocycles. The fraction of sp³-hybridized carbons (Fsp3) is 0.400. The summed E-state index contributed by atoms with van der Waals surface area (Å²) in [6, 6.07) is 3.43. The van der Waals surface area contributed by atoms with Crippen LogP contribution in [-0.4, -0.2) is 13.7 Å². The summed E-state index contributed by atoms with van der Waals surface area (Å²) in [6.07, 6.45) is -0.535. The van der Waals surface area contributed by atoms with E-state index in [4.69, 9.17) is 5.73 Å². The zero-order chi connectivity index (χ0) is 11.5. The van der Waals surface area contributed by atoms with E-state index in [1.54, 1.807) is 0 Å². The molecule has 0 unspecified atom stereocenters. The van der Waals surface area contributed by atoms with Crippen molar-refractivity contribution in [1.29, 1.82) is 0 Å². The fourth-order valence-electron chi connectivity index (χ4n) is 1.32. The van der Waals surface area contributed by atoms with E-state index in [1.165, 1.54) is 6.07 Å². The van der Waals surface area contributed by atoms with E-state index in [2.05, 4.69) is 4.74 Å². The first kappa shape index (κ1) is 11.8. The van der Waals surface area contributed by atoms with Gasteiger partial charge in [0.2, 0.25) is 0 Å². The Balaban J connectivity index is 3.18. The highest BCUT2D eigenvalue weighted by Crippen LogP contribution is 2.38. The van der Waals surface area contributed by atoms with Crippen molar-refractivity contribution in [1.82, 2.24) is 0 Å². The van der Waals surface area contributed by atoms with Gasteiger partial charge in [0, 0.05) is 6.42 Å². The summed E-state index contributed by atoms with van der Waals surface area (Å²) in [5.74, 6) is -4.38. The van der Waals surface area contributed by atoms with Gasteiger partial charge in [0.1, 0.15) is 0 Å². The zero-order valence-corrected chi connectivity index (χ0v) is 8.27. The minimum atomic E-state index is -3.16. The third-order valence-corrected chi connectivity index (χ3v) is 2.02. The minimum Gasteiger partial charge on any atom is -0.493 e. The van der Waals surface area contributed by atoms with E-state index >= 15 is 0 Å². The van der Waals surface area contributed by atoms with Gasteiger partial charge in [-0.2, -0.15) is 0 Å². The van der Waals surface area contributed by atoms with Crippen LogP contribution in [0.3, 0.4) is 0 Å². The van der Waals surface area contributed by atoms with Crippen molar-refractivity contribution >= 4 is 0 Å². The number of rotatable bonds is 4. The van der Waals surface area contributed by atoms with E-state index in [-0.39, 0.29) is 6.54 Å². The van der Waals surface area contributed by atoms with E-state index < -0.39 is 29.5 Å². The van der Waals surface area contributed by atoms with Gasteiger partial charge in [-0.15, -0.1) is 0 Å². The van der Waals surface area contributed by atoms with Gasteiger partial charge in [-0.05, 0) is 18.7 Å². The molecule has 2 N–H and O–H groups in total. The van der Waals surface area contributed by atoms with Gasteiger partial charge in [0.05, 0.1) is 12.7 Å². The Kier molecular flexibility index (Phi) is 3.57. The third-order valence-electron chi connectivity index (χ3n) is 2.02. The van der Waals surface area contributed by atoms with Crippen LogP contribution in [0.5, 0.6) is 5.75 Å². The summed E-state index contributed by atoms with van der Waals surface area (Å²) in [7, 11) is 1.15. The molecule has 5 heteroatoms. The van der Waals surface area contributed by atoms with Crippen molar-refractivity contribution in [3.63, 3.8) is 0 Å². The summed E-state index contributed by atoms with van der Waals surface area (Å²) in [5.41, 5.74) is 4.60. The molecule has 0 saturated carbocycles. The molecule has 0 amide bonds. The average molecular weight is 219 g/mol. The molecule has 0 radical (unpaired) electrons. The number of halogens is 3. The van der Waals surface area contributed by atoms with Gasteiger partial charge in [-0.25, -0.2) is 13.2 Å². The van der Waals surface area contributed by atoms with Crippen LogP contribution in [0.4, 0.5) is 13.2 Å². The van der Waals surface area contributed by atoms with E-state index in [1.807, 2.05) is 0 Å². The monoisotopic (exact) mass is 219 g/mol. The van der Waals surface area contributed by atoms with Gasteiger partial charge >= 0.3 is 0 Å². The highest BCUT2D eigenvalue weighted by Gasteiger charge is 2.34. The van der Waals surface area contributed by atoms with Crippen LogP contribution in [0.25, 0.3) is 0 Å². The van der Waals surface area contributed by atoms with Crippen molar-refractivity contribution in [2.24, 2.45) is 5.73 Å². The van der Waals surface area contributed by atoms with Crippen LogP contribution in [0.1, 0.15) is 12.0 Å². The largest absolute Gasteiger partial charge is 0.493 e. The second-order valence-electron chi connectivity index (χ2n) is 3.06. The molecule has 0 fully saturated rings. The molecule has 1 aromatic carbocycles. The molecule has 0 atom stereocenters. The topological polar surface area (TPSA) is 35.2 Å². The number of para-hydroxylation sites is 1. The molecule has 0 spiro atoms. The Bertz CT molecular complexity index is 341. The molecule has 2 nitrogen and oxygen atoms in total. The standard InChI is InChI=1S/C10H12F3NO/c1-15-9-7(3-2-4-8(9)11)10(12,13)5-6-14/h2-4H,5-6,14H2,1H3. The lowest BCUT2D eigenvalue weighted by molar-refractivity contribution is -0.0132. The number of alkyl halides is 2. The van der Waals surface area contributed by atoms with Crippen LogP contribution in [0, 0.1) is 5.82 Å². The smallest absolute Gasteiger partial charge is 0.278 e. The molecule has 84 valence electrons. The lowest BCUT2D eigenvalue weighted by Gasteiger charge is -2.18. The number of hydrogen-bond donors (Lipinski definition) is 1. The summed E-state index contributed by atoms with van der Waals surface area (Å²) < 4.78 is 44.7. The molecule has 0 bridgehead atoms. The van der Waals surface area contributed by atoms with Crippen LogP contribution in [0.15, 0.2) is 18.2 Å². The maximum absolute atomic E-state index is 13.5. The summed E-state index contributed by atoms with van der Waals surface area (Å²) >= 11 is 0. The van der Waals surface area contributed by atoms with Crippen LogP contribution >= 0.6 is 0 Å². The quantitative estimate of drug-likeness (QED) is 0.843. The predicted octanol–water partition coefficient (Wildman–Crippen LogP) is 2.27. The van der Waals surface area contributed by atoms with Crippen molar-refractivity contribution in [2.75, 3.05) is 13.7 Å². The first-order valence-electron chi connectivity index (χ1n) is 4.44. The third kappa shape index (κ3) is 2.41.